The molecule has 0 saturated heterocycles. The molecule has 0 radical (unpaired) electrons. The zero-order valence-electron chi connectivity index (χ0n) is 15.4. The minimum absolute atomic E-state index is 0.283. The van der Waals surface area contributed by atoms with Crippen LogP contribution in [-0.4, -0.2) is 31.7 Å². The Morgan fingerprint density at radius 2 is 1.85 bits per heavy atom. The molecule has 0 spiro atoms. The number of fused-ring (bicyclic) bond motifs is 1. The minimum atomic E-state index is -3.20. The average Bonchev–Trinajstić information content (AvgIpc) is 2.87. The standard InChI is InChI=1S/C20H21NO4S2/c1-14-18(11-13-25-15(2)22)21-12-5-4-6-19(21)20(14)26-16-7-9-17(10-8-16)27(3,23)24/h4-10,12H,11,13H2,1-3H3. The topological polar surface area (TPSA) is 64.9 Å². The Morgan fingerprint density at radius 1 is 1.15 bits per heavy atom. The van der Waals surface area contributed by atoms with Crippen LogP contribution in [0.3, 0.4) is 0 Å². The van der Waals surface area contributed by atoms with Crippen molar-refractivity contribution in [2.24, 2.45) is 0 Å². The highest BCUT2D eigenvalue weighted by molar-refractivity contribution is 7.99. The van der Waals surface area contributed by atoms with Gasteiger partial charge in [-0.2, -0.15) is 0 Å². The third kappa shape index (κ3) is 4.36. The van der Waals surface area contributed by atoms with Crippen molar-refractivity contribution in [3.05, 3.63) is 59.9 Å². The zero-order chi connectivity index (χ0) is 19.6. The van der Waals surface area contributed by atoms with E-state index >= 15 is 0 Å². The van der Waals surface area contributed by atoms with E-state index in [1.807, 2.05) is 30.5 Å². The quantitative estimate of drug-likeness (QED) is 0.584. The number of carbonyl (C=O) groups excluding carboxylic acids is 1. The van der Waals surface area contributed by atoms with E-state index < -0.39 is 9.84 Å². The first-order valence-electron chi connectivity index (χ1n) is 8.47. The molecule has 0 unspecified atom stereocenters. The number of esters is 1. The highest BCUT2D eigenvalue weighted by atomic mass is 32.2. The van der Waals surface area contributed by atoms with Gasteiger partial charge in [0.15, 0.2) is 9.84 Å². The van der Waals surface area contributed by atoms with Crippen LogP contribution in [0.5, 0.6) is 0 Å². The van der Waals surface area contributed by atoms with Gasteiger partial charge in [0.25, 0.3) is 0 Å². The van der Waals surface area contributed by atoms with Gasteiger partial charge in [-0.25, -0.2) is 8.42 Å². The molecule has 0 saturated carbocycles. The third-order valence-electron chi connectivity index (χ3n) is 4.27. The summed E-state index contributed by atoms with van der Waals surface area (Å²) in [5.41, 5.74) is 3.30. The Balaban J connectivity index is 1.94. The molecule has 2 heterocycles. The third-order valence-corrected chi connectivity index (χ3v) is 6.63. The summed E-state index contributed by atoms with van der Waals surface area (Å²) in [7, 11) is -3.20. The first-order chi connectivity index (χ1) is 12.8. The summed E-state index contributed by atoms with van der Waals surface area (Å²) in [6.07, 6.45) is 3.84. The summed E-state index contributed by atoms with van der Waals surface area (Å²) in [6, 6.07) is 12.9. The van der Waals surface area contributed by atoms with E-state index in [4.69, 9.17) is 4.74 Å². The molecule has 7 heteroatoms. The fourth-order valence-corrected chi connectivity index (χ4v) is 4.65. The van der Waals surface area contributed by atoms with Gasteiger partial charge in [-0.05, 0) is 48.9 Å². The van der Waals surface area contributed by atoms with Crippen molar-refractivity contribution in [3.8, 4) is 0 Å². The lowest BCUT2D eigenvalue weighted by Gasteiger charge is -2.05. The zero-order valence-corrected chi connectivity index (χ0v) is 17.1. The Morgan fingerprint density at radius 3 is 2.48 bits per heavy atom. The second kappa shape index (κ2) is 7.78. The maximum absolute atomic E-state index is 11.6. The minimum Gasteiger partial charge on any atom is -0.465 e. The molecule has 5 nitrogen and oxygen atoms in total. The first kappa shape index (κ1) is 19.5. The Labute approximate surface area is 163 Å². The normalized spacial score (nSPS) is 11.7. The molecule has 27 heavy (non-hydrogen) atoms. The molecule has 0 aliphatic rings. The lowest BCUT2D eigenvalue weighted by molar-refractivity contribution is -0.140. The van der Waals surface area contributed by atoms with Crippen LogP contribution in [0, 0.1) is 6.92 Å². The largest absolute Gasteiger partial charge is 0.465 e. The molecule has 0 N–H and O–H groups in total. The number of hydrogen-bond acceptors (Lipinski definition) is 5. The Kier molecular flexibility index (Phi) is 5.62. The second-order valence-electron chi connectivity index (χ2n) is 6.29. The summed E-state index contributed by atoms with van der Waals surface area (Å²) in [5, 5.41) is 0. The fourth-order valence-electron chi connectivity index (χ4n) is 2.97. The van der Waals surface area contributed by atoms with Crippen LogP contribution in [0.15, 0.2) is 63.3 Å². The van der Waals surface area contributed by atoms with E-state index in [9.17, 15) is 13.2 Å². The van der Waals surface area contributed by atoms with Gasteiger partial charge >= 0.3 is 5.97 Å². The van der Waals surface area contributed by atoms with Crippen molar-refractivity contribution in [1.82, 2.24) is 4.40 Å². The second-order valence-corrected chi connectivity index (χ2v) is 9.39. The van der Waals surface area contributed by atoms with Crippen molar-refractivity contribution in [2.75, 3.05) is 12.9 Å². The van der Waals surface area contributed by atoms with Gasteiger partial charge < -0.3 is 9.14 Å². The van der Waals surface area contributed by atoms with E-state index in [0.717, 1.165) is 26.6 Å². The van der Waals surface area contributed by atoms with Gasteiger partial charge in [-0.15, -0.1) is 0 Å². The highest BCUT2D eigenvalue weighted by Crippen LogP contribution is 2.37. The molecule has 0 fully saturated rings. The van der Waals surface area contributed by atoms with Crippen LogP contribution in [0.25, 0.3) is 5.52 Å². The van der Waals surface area contributed by atoms with Crippen LogP contribution < -0.4 is 0 Å². The monoisotopic (exact) mass is 403 g/mol. The highest BCUT2D eigenvalue weighted by Gasteiger charge is 2.16. The summed E-state index contributed by atoms with van der Waals surface area (Å²) in [5.74, 6) is -0.283. The van der Waals surface area contributed by atoms with Gasteiger partial charge in [0.05, 0.1) is 17.0 Å². The molecule has 3 rings (SSSR count). The summed E-state index contributed by atoms with van der Waals surface area (Å²) >= 11 is 1.60. The van der Waals surface area contributed by atoms with E-state index in [1.54, 1.807) is 23.9 Å². The molecule has 3 aromatic rings. The van der Waals surface area contributed by atoms with E-state index in [1.165, 1.54) is 13.2 Å². The number of aromatic nitrogens is 1. The number of ether oxygens (including phenoxy) is 1. The number of benzene rings is 1. The van der Waals surface area contributed by atoms with E-state index in [2.05, 4.69) is 17.4 Å². The molecule has 2 aromatic heterocycles. The predicted molar refractivity (Wildman–Crippen MR) is 106 cm³/mol. The number of sulfone groups is 1. The molecule has 0 amide bonds. The van der Waals surface area contributed by atoms with Crippen molar-refractivity contribution in [2.45, 2.75) is 35.0 Å². The van der Waals surface area contributed by atoms with Gasteiger partial charge in [-0.1, -0.05) is 17.8 Å². The summed E-state index contributed by atoms with van der Waals surface area (Å²) < 4.78 is 30.5. The van der Waals surface area contributed by atoms with E-state index in [-0.39, 0.29) is 5.97 Å². The van der Waals surface area contributed by atoms with Gasteiger partial charge in [0.2, 0.25) is 0 Å². The van der Waals surface area contributed by atoms with Crippen molar-refractivity contribution in [3.63, 3.8) is 0 Å². The molecule has 0 aliphatic carbocycles. The number of nitrogens with zero attached hydrogens (tertiary/aromatic N) is 1. The van der Waals surface area contributed by atoms with Crippen LogP contribution in [0.1, 0.15) is 18.2 Å². The fraction of sp³-hybridized carbons (Fsp3) is 0.250. The maximum atomic E-state index is 11.6. The lowest BCUT2D eigenvalue weighted by atomic mass is 10.2. The molecular formula is C20H21NO4S2. The van der Waals surface area contributed by atoms with Gasteiger partial charge in [-0.3, -0.25) is 4.79 Å². The number of pyridine rings is 1. The lowest BCUT2D eigenvalue weighted by Crippen LogP contribution is -2.05. The van der Waals surface area contributed by atoms with Crippen LogP contribution in [0.2, 0.25) is 0 Å². The Bertz CT molecular complexity index is 1080. The molecule has 1 aromatic carbocycles. The van der Waals surface area contributed by atoms with Crippen molar-refractivity contribution in [1.29, 1.82) is 0 Å². The smallest absolute Gasteiger partial charge is 0.302 e. The first-order valence-corrected chi connectivity index (χ1v) is 11.2. The maximum Gasteiger partial charge on any atom is 0.302 e. The molecule has 142 valence electrons. The summed E-state index contributed by atoms with van der Waals surface area (Å²) in [4.78, 5) is 13.4. The van der Waals surface area contributed by atoms with Crippen LogP contribution in [0.4, 0.5) is 0 Å². The van der Waals surface area contributed by atoms with Gasteiger partial charge in [0, 0.05) is 41.3 Å². The number of carbonyl (C=O) groups is 1. The molecule has 0 atom stereocenters. The predicted octanol–water partition coefficient (Wildman–Crippen LogP) is 3.91. The molecular weight excluding hydrogens is 382 g/mol. The van der Waals surface area contributed by atoms with Gasteiger partial charge in [0.1, 0.15) is 0 Å². The SMILES string of the molecule is CC(=O)OCCc1c(C)c(Sc2ccc(S(C)(=O)=O)cc2)c2ccccn12. The van der Waals surface area contributed by atoms with Crippen LogP contribution >= 0.6 is 11.8 Å². The van der Waals surface area contributed by atoms with Crippen LogP contribution in [-0.2, 0) is 25.8 Å². The number of rotatable bonds is 6. The Hall–Kier alpha value is -2.25. The average molecular weight is 404 g/mol. The van der Waals surface area contributed by atoms with Crippen molar-refractivity contribution < 1.29 is 17.9 Å². The molecule has 0 aliphatic heterocycles. The van der Waals surface area contributed by atoms with E-state index in [0.29, 0.717) is 17.9 Å². The number of hydrogen-bond donors (Lipinski definition) is 0. The molecule has 0 bridgehead atoms. The van der Waals surface area contributed by atoms with Crippen molar-refractivity contribution >= 4 is 33.1 Å². The summed E-state index contributed by atoms with van der Waals surface area (Å²) in [6.45, 7) is 3.80.